The van der Waals surface area contributed by atoms with Gasteiger partial charge in [-0.25, -0.2) is 4.39 Å². The van der Waals surface area contributed by atoms with E-state index in [1.807, 2.05) is 0 Å². The van der Waals surface area contributed by atoms with Crippen LogP contribution in [0, 0.1) is 5.82 Å². The van der Waals surface area contributed by atoms with Crippen LogP contribution in [0.5, 0.6) is 0 Å². The van der Waals surface area contributed by atoms with Gasteiger partial charge in [0.2, 0.25) is 0 Å². The Labute approximate surface area is 91.7 Å². The van der Waals surface area contributed by atoms with Gasteiger partial charge in [-0.2, -0.15) is 0 Å². The lowest BCUT2D eigenvalue weighted by molar-refractivity contribution is 0.319. The molecule has 0 radical (unpaired) electrons. The fourth-order valence-electron chi connectivity index (χ4n) is 0.848. The maximum Gasteiger partial charge on any atom is 0.123 e. The average molecular weight is 311 g/mol. The topological polar surface area (TPSA) is 32.6 Å². The molecule has 0 fully saturated rings. The predicted molar refractivity (Wildman–Crippen MR) is 56.4 cm³/mol. The summed E-state index contributed by atoms with van der Waals surface area (Å²) >= 11 is 6.38. The second kappa shape index (κ2) is 4.72. The van der Waals surface area contributed by atoms with Gasteiger partial charge in [0.05, 0.1) is 0 Å². The van der Waals surface area contributed by atoms with Crippen LogP contribution in [0.3, 0.4) is 0 Å². The zero-order chi connectivity index (χ0) is 9.84. The van der Waals surface area contributed by atoms with Gasteiger partial charge < -0.3 is 5.21 Å². The Bertz CT molecular complexity index is 310. The molecule has 1 aromatic carbocycles. The van der Waals surface area contributed by atoms with E-state index in [9.17, 15) is 4.39 Å². The van der Waals surface area contributed by atoms with Gasteiger partial charge >= 0.3 is 0 Å². The summed E-state index contributed by atoms with van der Waals surface area (Å²) in [4.78, 5) is 0. The van der Waals surface area contributed by atoms with Gasteiger partial charge in [0, 0.05) is 5.56 Å². The van der Waals surface area contributed by atoms with Crippen LogP contribution >= 0.6 is 31.9 Å². The van der Waals surface area contributed by atoms with Crippen molar-refractivity contribution < 1.29 is 9.60 Å². The third-order valence-corrected chi connectivity index (χ3v) is 2.32. The second-order valence-electron chi connectivity index (χ2n) is 2.29. The van der Waals surface area contributed by atoms with Gasteiger partial charge in [0.15, 0.2) is 0 Å². The summed E-state index contributed by atoms with van der Waals surface area (Å²) in [5.41, 5.74) is 1.06. The monoisotopic (exact) mass is 309 g/mol. The van der Waals surface area contributed by atoms with E-state index in [0.717, 1.165) is 0 Å². The van der Waals surface area contributed by atoms with Crippen LogP contribution < -0.4 is 0 Å². The van der Waals surface area contributed by atoms with Crippen molar-refractivity contribution in [2.24, 2.45) is 5.16 Å². The summed E-state index contributed by atoms with van der Waals surface area (Å²) in [6.45, 7) is 0. The summed E-state index contributed by atoms with van der Waals surface area (Å²) in [6, 6.07) is 5.70. The highest BCUT2D eigenvalue weighted by atomic mass is 79.9. The minimum absolute atomic E-state index is 0.254. The number of benzene rings is 1. The Balaban J connectivity index is 3.00. The number of hydrogen-bond donors (Lipinski definition) is 1. The summed E-state index contributed by atoms with van der Waals surface area (Å²) in [5.74, 6) is -0.318. The minimum Gasteiger partial charge on any atom is -0.411 e. The molecule has 1 aromatic rings. The lowest BCUT2D eigenvalue weighted by Gasteiger charge is -2.04. The molecule has 0 aromatic heterocycles. The molecule has 1 N–H and O–H groups in total. The van der Waals surface area contributed by atoms with Crippen molar-refractivity contribution in [2.75, 3.05) is 0 Å². The maximum absolute atomic E-state index is 12.5. The minimum atomic E-state index is -0.318. The van der Waals surface area contributed by atoms with E-state index in [1.165, 1.54) is 12.1 Å². The Morgan fingerprint density at radius 1 is 1.31 bits per heavy atom. The number of rotatable bonds is 2. The van der Waals surface area contributed by atoms with Gasteiger partial charge in [-0.15, -0.1) is 0 Å². The van der Waals surface area contributed by atoms with Crippen LogP contribution in [0.15, 0.2) is 29.4 Å². The van der Waals surface area contributed by atoms with E-state index in [0.29, 0.717) is 11.3 Å². The molecule has 0 aliphatic heterocycles. The molecule has 13 heavy (non-hydrogen) atoms. The summed E-state index contributed by atoms with van der Waals surface area (Å²) in [7, 11) is 0. The third kappa shape index (κ3) is 2.77. The number of nitrogens with zero attached hydrogens (tertiary/aromatic N) is 1. The molecule has 0 unspecified atom stereocenters. The molecular weight excluding hydrogens is 305 g/mol. The number of hydrogen-bond acceptors (Lipinski definition) is 2. The summed E-state index contributed by atoms with van der Waals surface area (Å²) < 4.78 is 12.3. The standard InChI is InChI=1S/C8H6Br2FNO/c9-8(10)7(12-13)5-1-3-6(11)4-2-5/h1-4,8,13H/b12-7-. The van der Waals surface area contributed by atoms with E-state index in [4.69, 9.17) is 5.21 Å². The van der Waals surface area contributed by atoms with Crippen molar-refractivity contribution in [2.45, 2.75) is 3.74 Å². The molecule has 2 nitrogen and oxygen atoms in total. The van der Waals surface area contributed by atoms with Crippen LogP contribution in [0.1, 0.15) is 5.56 Å². The van der Waals surface area contributed by atoms with Crippen molar-refractivity contribution in [1.29, 1.82) is 0 Å². The number of halogens is 3. The fraction of sp³-hybridized carbons (Fsp3) is 0.125. The van der Waals surface area contributed by atoms with Crippen molar-refractivity contribution >= 4 is 37.6 Å². The Morgan fingerprint density at radius 2 is 1.85 bits per heavy atom. The molecule has 70 valence electrons. The highest BCUT2D eigenvalue weighted by Crippen LogP contribution is 2.16. The molecule has 5 heteroatoms. The molecule has 0 saturated heterocycles. The first-order valence-corrected chi connectivity index (χ1v) is 5.24. The van der Waals surface area contributed by atoms with Crippen LogP contribution in [0.2, 0.25) is 0 Å². The van der Waals surface area contributed by atoms with E-state index < -0.39 is 0 Å². The first-order chi connectivity index (χ1) is 6.15. The van der Waals surface area contributed by atoms with Crippen LogP contribution in [-0.4, -0.2) is 14.7 Å². The smallest absolute Gasteiger partial charge is 0.123 e. The van der Waals surface area contributed by atoms with E-state index in [1.54, 1.807) is 12.1 Å². The van der Waals surface area contributed by atoms with Crippen LogP contribution in [0.4, 0.5) is 4.39 Å². The Hall–Kier alpha value is -0.420. The van der Waals surface area contributed by atoms with E-state index in [2.05, 4.69) is 37.0 Å². The van der Waals surface area contributed by atoms with Gasteiger partial charge in [-0.1, -0.05) is 49.1 Å². The average Bonchev–Trinajstić information content (AvgIpc) is 2.09. The van der Waals surface area contributed by atoms with Crippen LogP contribution in [-0.2, 0) is 0 Å². The van der Waals surface area contributed by atoms with Crippen molar-refractivity contribution in [3.8, 4) is 0 Å². The van der Waals surface area contributed by atoms with Crippen molar-refractivity contribution in [3.05, 3.63) is 35.6 Å². The normalized spacial score (nSPS) is 12.2. The highest BCUT2D eigenvalue weighted by Gasteiger charge is 2.11. The molecule has 0 heterocycles. The third-order valence-electron chi connectivity index (χ3n) is 1.45. The van der Waals surface area contributed by atoms with Gasteiger partial charge in [-0.3, -0.25) is 0 Å². The Morgan fingerprint density at radius 3 is 2.23 bits per heavy atom. The van der Waals surface area contributed by atoms with E-state index in [-0.39, 0.29) is 9.55 Å². The Kier molecular flexibility index (Phi) is 3.87. The van der Waals surface area contributed by atoms with Crippen LogP contribution in [0.25, 0.3) is 0 Å². The molecule has 0 spiro atoms. The molecule has 0 bridgehead atoms. The number of alkyl halides is 2. The maximum atomic E-state index is 12.5. The van der Waals surface area contributed by atoms with E-state index >= 15 is 0 Å². The lowest BCUT2D eigenvalue weighted by atomic mass is 10.1. The first-order valence-electron chi connectivity index (χ1n) is 3.41. The second-order valence-corrected chi connectivity index (χ2v) is 5.35. The molecule has 0 aliphatic rings. The van der Waals surface area contributed by atoms with Gasteiger partial charge in [0.25, 0.3) is 0 Å². The SMILES string of the molecule is O/N=C(/c1ccc(F)cc1)C(Br)Br. The molecule has 0 aliphatic carbocycles. The largest absolute Gasteiger partial charge is 0.411 e. The first kappa shape index (κ1) is 10.7. The highest BCUT2D eigenvalue weighted by molar-refractivity contribution is 9.25. The molecular formula is C8H6Br2FNO. The fourth-order valence-corrected chi connectivity index (χ4v) is 1.56. The van der Waals surface area contributed by atoms with Gasteiger partial charge in [0.1, 0.15) is 15.3 Å². The van der Waals surface area contributed by atoms with Gasteiger partial charge in [-0.05, 0) is 12.1 Å². The quantitative estimate of drug-likeness (QED) is 0.387. The molecule has 0 atom stereocenters. The zero-order valence-electron chi connectivity index (χ0n) is 6.42. The zero-order valence-corrected chi connectivity index (χ0v) is 9.59. The summed E-state index contributed by atoms with van der Waals surface area (Å²) in [5, 5.41) is 11.7. The number of oxime groups is 1. The molecule has 0 saturated carbocycles. The summed E-state index contributed by atoms with van der Waals surface area (Å²) in [6.07, 6.45) is 0. The lowest BCUT2D eigenvalue weighted by Crippen LogP contribution is -2.08. The van der Waals surface area contributed by atoms with Crippen molar-refractivity contribution in [3.63, 3.8) is 0 Å². The molecule has 1 rings (SSSR count). The van der Waals surface area contributed by atoms with Crippen molar-refractivity contribution in [1.82, 2.24) is 0 Å². The molecule has 0 amide bonds. The predicted octanol–water partition coefficient (Wildman–Crippen LogP) is 3.12.